The van der Waals surface area contributed by atoms with Crippen molar-refractivity contribution in [1.82, 2.24) is 29.3 Å². The maximum Gasteiger partial charge on any atom is 0.238 e. The summed E-state index contributed by atoms with van der Waals surface area (Å²) < 4.78 is 39.2. The Morgan fingerprint density at radius 2 is 1.78 bits per heavy atom. The monoisotopic (exact) mass is 505 g/mol. The molecule has 1 fully saturated rings. The van der Waals surface area contributed by atoms with Gasteiger partial charge in [0, 0.05) is 43.4 Å². The molecule has 0 radical (unpaired) electrons. The van der Waals surface area contributed by atoms with Crippen LogP contribution in [0.15, 0.2) is 36.8 Å². The van der Waals surface area contributed by atoms with Crippen molar-refractivity contribution in [1.29, 1.82) is 0 Å². The number of fused-ring (bicyclic) bond motifs is 1. The summed E-state index contributed by atoms with van der Waals surface area (Å²) >= 11 is 0. The number of benzene rings is 1. The van der Waals surface area contributed by atoms with Gasteiger partial charge in [0.2, 0.25) is 5.88 Å². The highest BCUT2D eigenvalue weighted by Gasteiger charge is 2.30. The number of halogens is 2. The van der Waals surface area contributed by atoms with Crippen molar-refractivity contribution in [2.45, 2.75) is 51.5 Å². The van der Waals surface area contributed by atoms with E-state index in [-0.39, 0.29) is 5.92 Å². The van der Waals surface area contributed by atoms with Gasteiger partial charge in [-0.25, -0.2) is 28.4 Å². The molecule has 2 aliphatic rings. The Hall–Kier alpha value is -3.82. The van der Waals surface area contributed by atoms with Crippen molar-refractivity contribution in [3.63, 3.8) is 0 Å². The third kappa shape index (κ3) is 4.34. The second kappa shape index (κ2) is 9.57. The minimum absolute atomic E-state index is 0.311. The number of rotatable bonds is 5. The summed E-state index contributed by atoms with van der Waals surface area (Å²) in [6, 6.07) is 6.45. The van der Waals surface area contributed by atoms with Crippen LogP contribution >= 0.6 is 0 Å². The predicted molar refractivity (Wildman–Crippen MR) is 135 cm³/mol. The second-order valence-electron chi connectivity index (χ2n) is 9.73. The van der Waals surface area contributed by atoms with Crippen LogP contribution in [0.4, 0.5) is 14.5 Å². The maximum absolute atomic E-state index is 15.2. The molecule has 4 aromatic rings. The van der Waals surface area contributed by atoms with E-state index in [1.165, 1.54) is 0 Å². The van der Waals surface area contributed by atoms with Crippen LogP contribution in [0.3, 0.4) is 0 Å². The Morgan fingerprint density at radius 3 is 2.54 bits per heavy atom. The first-order valence-electron chi connectivity index (χ1n) is 12.8. The van der Waals surface area contributed by atoms with Crippen LogP contribution in [0.5, 0.6) is 5.88 Å². The van der Waals surface area contributed by atoms with E-state index in [9.17, 15) is 4.39 Å². The number of aromatic nitrogens is 6. The summed E-state index contributed by atoms with van der Waals surface area (Å²) in [5.74, 6) is 0.189. The zero-order chi connectivity index (χ0) is 25.5. The molecule has 0 spiro atoms. The van der Waals surface area contributed by atoms with Gasteiger partial charge < -0.3 is 14.2 Å². The van der Waals surface area contributed by atoms with E-state index >= 15 is 4.39 Å². The molecule has 0 amide bonds. The van der Waals surface area contributed by atoms with Crippen molar-refractivity contribution in [3.8, 4) is 23.1 Å². The molecule has 2 aliphatic heterocycles. The SMILES string of the molecule is COc1nc(-c2nc3n(n2)CCC[C@@H]3c2cc(N3CCCCC3)c(F)cc2F)ccc1-n1cnc(C)c1. The third-order valence-electron chi connectivity index (χ3n) is 7.27. The highest BCUT2D eigenvalue weighted by atomic mass is 19.1. The fraction of sp³-hybridized carbons (Fsp3) is 0.407. The van der Waals surface area contributed by atoms with E-state index in [2.05, 4.69) is 9.97 Å². The molecule has 192 valence electrons. The van der Waals surface area contributed by atoms with E-state index in [1.807, 2.05) is 39.4 Å². The van der Waals surface area contributed by atoms with Crippen molar-refractivity contribution >= 4 is 5.69 Å². The van der Waals surface area contributed by atoms with Gasteiger partial charge in [-0.2, -0.15) is 0 Å². The molecule has 0 N–H and O–H groups in total. The molecule has 0 aliphatic carbocycles. The smallest absolute Gasteiger partial charge is 0.238 e. The quantitative estimate of drug-likeness (QED) is 0.379. The number of anilines is 1. The van der Waals surface area contributed by atoms with Crippen molar-refractivity contribution in [3.05, 3.63) is 65.5 Å². The number of nitrogens with zero attached hydrogens (tertiary/aromatic N) is 7. The maximum atomic E-state index is 15.2. The summed E-state index contributed by atoms with van der Waals surface area (Å²) in [6.45, 7) is 4.18. The number of hydrogen-bond acceptors (Lipinski definition) is 6. The molecule has 1 aromatic carbocycles. The van der Waals surface area contributed by atoms with Crippen LogP contribution < -0.4 is 9.64 Å². The van der Waals surface area contributed by atoms with Gasteiger partial charge in [0.25, 0.3) is 0 Å². The Morgan fingerprint density at radius 1 is 0.946 bits per heavy atom. The largest absolute Gasteiger partial charge is 0.479 e. The van der Waals surface area contributed by atoms with E-state index < -0.39 is 11.6 Å². The summed E-state index contributed by atoms with van der Waals surface area (Å²) in [5.41, 5.74) is 3.15. The van der Waals surface area contributed by atoms with Crippen LogP contribution in [0.25, 0.3) is 17.2 Å². The predicted octanol–water partition coefficient (Wildman–Crippen LogP) is 5.04. The van der Waals surface area contributed by atoms with E-state index in [0.717, 1.165) is 62.6 Å². The van der Waals surface area contributed by atoms with Crippen LogP contribution in [0.1, 0.15) is 55.1 Å². The van der Waals surface area contributed by atoms with E-state index in [0.29, 0.717) is 41.0 Å². The zero-order valence-corrected chi connectivity index (χ0v) is 21.0. The van der Waals surface area contributed by atoms with Crippen molar-refractivity contribution in [2.75, 3.05) is 25.1 Å². The van der Waals surface area contributed by atoms with Gasteiger partial charge in [-0.15, -0.1) is 5.10 Å². The molecule has 8 nitrogen and oxygen atoms in total. The molecule has 0 saturated carbocycles. The lowest BCUT2D eigenvalue weighted by molar-refractivity contribution is 0.396. The number of imidazole rings is 1. The molecule has 10 heteroatoms. The summed E-state index contributed by atoms with van der Waals surface area (Å²) in [7, 11) is 1.57. The van der Waals surface area contributed by atoms with Gasteiger partial charge in [-0.3, -0.25) is 0 Å². The summed E-state index contributed by atoms with van der Waals surface area (Å²) in [5, 5.41) is 4.70. The highest BCUT2D eigenvalue weighted by Crippen LogP contribution is 2.38. The molecule has 6 rings (SSSR count). The average Bonchev–Trinajstić information content (AvgIpc) is 3.55. The lowest BCUT2D eigenvalue weighted by atomic mass is 9.90. The normalized spacial score (nSPS) is 17.6. The van der Waals surface area contributed by atoms with Crippen LogP contribution in [-0.2, 0) is 6.54 Å². The lowest BCUT2D eigenvalue weighted by Gasteiger charge is -2.30. The molecule has 1 saturated heterocycles. The molecule has 1 atom stereocenters. The minimum atomic E-state index is -0.541. The first-order valence-corrected chi connectivity index (χ1v) is 12.8. The Labute approximate surface area is 213 Å². The molecular formula is C27H29F2N7O. The standard InChI is InChI=1S/C27H29F2N7O/c1-17-15-35(16-30-17)23-9-8-22(31-27(23)37-2)25-32-26-18(7-6-12-36(26)33-25)19-13-24(21(29)14-20(19)28)34-10-4-3-5-11-34/h8-9,13-16,18H,3-7,10-12H2,1-2H3/t18-/m1/s1. The molecule has 5 heterocycles. The minimum Gasteiger partial charge on any atom is -0.479 e. The Kier molecular flexibility index (Phi) is 6.10. The molecule has 37 heavy (non-hydrogen) atoms. The third-order valence-corrected chi connectivity index (χ3v) is 7.27. The van der Waals surface area contributed by atoms with E-state index in [4.69, 9.17) is 14.8 Å². The van der Waals surface area contributed by atoms with Crippen LogP contribution in [-0.4, -0.2) is 49.5 Å². The van der Waals surface area contributed by atoms with Crippen molar-refractivity contribution < 1.29 is 13.5 Å². The Bertz CT molecular complexity index is 1440. The summed E-state index contributed by atoms with van der Waals surface area (Å²) in [6.07, 6.45) is 8.32. The average molecular weight is 506 g/mol. The van der Waals surface area contributed by atoms with Gasteiger partial charge in [0.05, 0.1) is 24.8 Å². The first kappa shape index (κ1) is 23.6. The number of pyridine rings is 1. The number of ether oxygens (including phenoxy) is 1. The molecule has 0 unspecified atom stereocenters. The fourth-order valence-electron chi connectivity index (χ4n) is 5.41. The van der Waals surface area contributed by atoms with Gasteiger partial charge in [-0.05, 0) is 57.2 Å². The number of piperidine rings is 1. The number of methoxy groups -OCH3 is 1. The number of aryl methyl sites for hydroxylation is 2. The highest BCUT2D eigenvalue weighted by molar-refractivity contribution is 5.56. The molecule has 0 bridgehead atoms. The van der Waals surface area contributed by atoms with Gasteiger partial charge in [-0.1, -0.05) is 0 Å². The summed E-state index contributed by atoms with van der Waals surface area (Å²) in [4.78, 5) is 15.8. The van der Waals surface area contributed by atoms with Gasteiger partial charge in [0.15, 0.2) is 5.82 Å². The number of hydrogen-bond donors (Lipinski definition) is 0. The Balaban J connectivity index is 1.36. The molecular weight excluding hydrogens is 476 g/mol. The lowest BCUT2D eigenvalue weighted by Crippen LogP contribution is -2.30. The van der Waals surface area contributed by atoms with Gasteiger partial charge in [0.1, 0.15) is 28.8 Å². The molecule has 3 aromatic heterocycles. The topological polar surface area (TPSA) is 73.9 Å². The van der Waals surface area contributed by atoms with Crippen LogP contribution in [0, 0.1) is 18.6 Å². The zero-order valence-electron chi connectivity index (χ0n) is 21.0. The second-order valence-corrected chi connectivity index (χ2v) is 9.73. The van der Waals surface area contributed by atoms with Crippen LogP contribution in [0.2, 0.25) is 0 Å². The van der Waals surface area contributed by atoms with Gasteiger partial charge >= 0.3 is 0 Å². The first-order chi connectivity index (χ1) is 18.0. The van der Waals surface area contributed by atoms with Crippen molar-refractivity contribution in [2.24, 2.45) is 0 Å². The fourth-order valence-corrected chi connectivity index (χ4v) is 5.41. The van der Waals surface area contributed by atoms with E-state index in [1.54, 1.807) is 19.5 Å².